The van der Waals surface area contributed by atoms with Crippen molar-refractivity contribution in [3.05, 3.63) is 82.9 Å². The second-order valence-electron chi connectivity index (χ2n) is 8.97. The highest BCUT2D eigenvalue weighted by molar-refractivity contribution is 6.23. The minimum Gasteiger partial charge on any atom is -0.352 e. The van der Waals surface area contributed by atoms with Crippen LogP contribution >= 0.6 is 0 Å². The summed E-state index contributed by atoms with van der Waals surface area (Å²) in [6.07, 6.45) is 0.682. The second kappa shape index (κ2) is 9.25. The Morgan fingerprint density at radius 1 is 0.829 bits per heavy atom. The number of amides is 3. The number of nitrogens with zero attached hydrogens (tertiary/aromatic N) is 1. The van der Waals surface area contributed by atoms with Crippen LogP contribution in [-0.2, 0) is 27.3 Å². The topological polar surface area (TPSA) is 101 Å². The van der Waals surface area contributed by atoms with Gasteiger partial charge in [0.1, 0.15) is 5.78 Å². The van der Waals surface area contributed by atoms with E-state index in [1.807, 2.05) is 42.5 Å². The lowest BCUT2D eigenvalue weighted by molar-refractivity contribution is -0.124. The SMILES string of the molecule is O=C1CCC(=O)C(N2C(=O)c3cccc(CNC(=O)Cc4cccc5ccccc45)c3C2=O)CC1. The molecule has 1 atom stereocenters. The molecule has 1 aliphatic carbocycles. The molecule has 5 rings (SSSR count). The first-order valence-electron chi connectivity index (χ1n) is 11.7. The average Bonchev–Trinajstić information content (AvgIpc) is 3.00. The maximum atomic E-state index is 13.3. The van der Waals surface area contributed by atoms with Gasteiger partial charge in [0.25, 0.3) is 11.8 Å². The van der Waals surface area contributed by atoms with E-state index in [0.717, 1.165) is 21.2 Å². The Kier molecular flexibility index (Phi) is 5.99. The van der Waals surface area contributed by atoms with Gasteiger partial charge in [-0.3, -0.25) is 28.9 Å². The van der Waals surface area contributed by atoms with Gasteiger partial charge in [0.05, 0.1) is 23.6 Å². The van der Waals surface area contributed by atoms with Crippen molar-refractivity contribution in [1.29, 1.82) is 0 Å². The lowest BCUT2D eigenvalue weighted by Crippen LogP contribution is -2.44. The number of carbonyl (C=O) groups excluding carboxylic acids is 5. The molecule has 3 aromatic carbocycles. The lowest BCUT2D eigenvalue weighted by atomic mass is 10.0. The van der Waals surface area contributed by atoms with Crippen molar-refractivity contribution in [2.45, 2.75) is 44.7 Å². The van der Waals surface area contributed by atoms with Crippen LogP contribution in [0.2, 0.25) is 0 Å². The van der Waals surface area contributed by atoms with E-state index in [2.05, 4.69) is 5.32 Å². The van der Waals surface area contributed by atoms with Crippen LogP contribution in [0, 0.1) is 0 Å². The summed E-state index contributed by atoms with van der Waals surface area (Å²) in [5.74, 6) is -1.58. The number of nitrogens with one attached hydrogen (secondary N) is 1. The Hall–Kier alpha value is -4.13. The molecule has 3 amide bonds. The fraction of sp³-hybridized carbons (Fsp3) is 0.250. The monoisotopic (exact) mass is 468 g/mol. The predicted octanol–water partition coefficient (Wildman–Crippen LogP) is 3.38. The van der Waals surface area contributed by atoms with E-state index in [0.29, 0.717) is 5.56 Å². The van der Waals surface area contributed by atoms with Crippen molar-refractivity contribution in [2.24, 2.45) is 0 Å². The third-order valence-electron chi connectivity index (χ3n) is 6.77. The van der Waals surface area contributed by atoms with Crippen LogP contribution in [0.3, 0.4) is 0 Å². The zero-order valence-corrected chi connectivity index (χ0v) is 19.1. The normalized spacial score (nSPS) is 18.1. The van der Waals surface area contributed by atoms with Crippen LogP contribution in [0.15, 0.2) is 60.7 Å². The summed E-state index contributed by atoms with van der Waals surface area (Å²) in [6.45, 7) is 0.0801. The first-order valence-corrected chi connectivity index (χ1v) is 11.7. The largest absolute Gasteiger partial charge is 0.352 e. The van der Waals surface area contributed by atoms with Crippen LogP contribution in [-0.4, -0.2) is 40.2 Å². The highest BCUT2D eigenvalue weighted by Gasteiger charge is 2.44. The zero-order chi connectivity index (χ0) is 24.5. The molecule has 1 unspecified atom stereocenters. The molecule has 176 valence electrons. The van der Waals surface area contributed by atoms with Gasteiger partial charge in [-0.05, 0) is 34.4 Å². The molecule has 2 aliphatic rings. The number of benzene rings is 3. The molecule has 0 saturated heterocycles. The fourth-order valence-electron chi connectivity index (χ4n) is 4.97. The van der Waals surface area contributed by atoms with Gasteiger partial charge in [-0.25, -0.2) is 0 Å². The first-order chi connectivity index (χ1) is 16.9. The Balaban J connectivity index is 1.33. The predicted molar refractivity (Wildman–Crippen MR) is 129 cm³/mol. The van der Waals surface area contributed by atoms with Crippen LogP contribution in [0.5, 0.6) is 0 Å². The third kappa shape index (κ3) is 4.25. The van der Waals surface area contributed by atoms with Gasteiger partial charge in [0.2, 0.25) is 5.91 Å². The molecular weight excluding hydrogens is 444 g/mol. The van der Waals surface area contributed by atoms with Gasteiger partial charge < -0.3 is 5.32 Å². The first kappa shape index (κ1) is 22.7. The fourth-order valence-corrected chi connectivity index (χ4v) is 4.97. The molecule has 1 N–H and O–H groups in total. The molecule has 7 heteroatoms. The van der Waals surface area contributed by atoms with Crippen LogP contribution in [0.1, 0.15) is 57.5 Å². The van der Waals surface area contributed by atoms with Crippen molar-refractivity contribution in [3.8, 4) is 0 Å². The van der Waals surface area contributed by atoms with Gasteiger partial charge in [-0.2, -0.15) is 0 Å². The molecule has 1 aliphatic heterocycles. The quantitative estimate of drug-likeness (QED) is 0.457. The van der Waals surface area contributed by atoms with E-state index in [9.17, 15) is 24.0 Å². The van der Waals surface area contributed by atoms with Gasteiger partial charge in [0.15, 0.2) is 5.78 Å². The molecule has 35 heavy (non-hydrogen) atoms. The van der Waals surface area contributed by atoms with Crippen molar-refractivity contribution in [2.75, 3.05) is 0 Å². The lowest BCUT2D eigenvalue weighted by Gasteiger charge is -2.23. The van der Waals surface area contributed by atoms with Gasteiger partial charge in [-0.1, -0.05) is 54.6 Å². The molecule has 1 heterocycles. The maximum Gasteiger partial charge on any atom is 0.262 e. The average molecular weight is 469 g/mol. The number of Topliss-reactive ketones (excluding diaryl/α,β-unsaturated/α-hetero) is 2. The molecule has 0 aromatic heterocycles. The summed E-state index contributed by atoms with van der Waals surface area (Å²) >= 11 is 0. The van der Waals surface area contributed by atoms with Crippen molar-refractivity contribution >= 4 is 40.1 Å². The molecule has 0 radical (unpaired) electrons. The van der Waals surface area contributed by atoms with Gasteiger partial charge >= 0.3 is 0 Å². The minimum absolute atomic E-state index is 0.0351. The highest BCUT2D eigenvalue weighted by Crippen LogP contribution is 2.31. The number of ketones is 2. The smallest absolute Gasteiger partial charge is 0.262 e. The molecule has 0 bridgehead atoms. The minimum atomic E-state index is -0.928. The van der Waals surface area contributed by atoms with Crippen LogP contribution < -0.4 is 5.32 Å². The summed E-state index contributed by atoms with van der Waals surface area (Å²) in [7, 11) is 0. The molecule has 3 aromatic rings. The van der Waals surface area contributed by atoms with E-state index in [1.54, 1.807) is 18.2 Å². The van der Waals surface area contributed by atoms with Crippen molar-refractivity contribution in [3.63, 3.8) is 0 Å². The maximum absolute atomic E-state index is 13.3. The van der Waals surface area contributed by atoms with Gasteiger partial charge in [-0.15, -0.1) is 0 Å². The van der Waals surface area contributed by atoms with Crippen molar-refractivity contribution < 1.29 is 24.0 Å². The van der Waals surface area contributed by atoms with Crippen molar-refractivity contribution in [1.82, 2.24) is 10.2 Å². The van der Waals surface area contributed by atoms with E-state index in [1.165, 1.54) is 0 Å². The summed E-state index contributed by atoms with van der Waals surface area (Å²) in [4.78, 5) is 64.5. The van der Waals surface area contributed by atoms with E-state index in [4.69, 9.17) is 0 Å². The number of hydrogen-bond donors (Lipinski definition) is 1. The third-order valence-corrected chi connectivity index (χ3v) is 6.77. The standard InChI is InChI=1S/C28H24N2O5/c31-20-11-13-23(24(32)14-12-20)30-27(34)22-10-4-8-19(26(22)28(30)35)16-29-25(33)15-18-7-3-6-17-5-1-2-9-21(17)18/h1-10,23H,11-16H2,(H,29,33). The second-order valence-corrected chi connectivity index (χ2v) is 8.97. The highest BCUT2D eigenvalue weighted by atomic mass is 16.2. The van der Waals surface area contributed by atoms with E-state index < -0.39 is 17.9 Å². The van der Waals surface area contributed by atoms with Crippen LogP contribution in [0.4, 0.5) is 0 Å². The Labute approximate surface area is 202 Å². The Morgan fingerprint density at radius 2 is 1.57 bits per heavy atom. The zero-order valence-electron chi connectivity index (χ0n) is 19.1. The molecule has 1 saturated carbocycles. The number of rotatable bonds is 5. The summed E-state index contributed by atoms with van der Waals surface area (Å²) in [5.41, 5.74) is 1.86. The number of fused-ring (bicyclic) bond motifs is 2. The molecule has 7 nitrogen and oxygen atoms in total. The number of carbonyl (C=O) groups is 5. The van der Waals surface area contributed by atoms with E-state index >= 15 is 0 Å². The Morgan fingerprint density at radius 3 is 2.43 bits per heavy atom. The van der Waals surface area contributed by atoms with E-state index in [-0.39, 0.29) is 67.2 Å². The number of hydrogen-bond acceptors (Lipinski definition) is 5. The molecule has 0 spiro atoms. The Bertz CT molecular complexity index is 1390. The molecular formula is C28H24N2O5. The molecule has 1 fully saturated rings. The summed E-state index contributed by atoms with van der Waals surface area (Å²) < 4.78 is 0. The number of imide groups is 1. The van der Waals surface area contributed by atoms with Gasteiger partial charge in [0, 0.05) is 25.8 Å². The van der Waals surface area contributed by atoms with Crippen LogP contribution in [0.25, 0.3) is 10.8 Å². The summed E-state index contributed by atoms with van der Waals surface area (Å²) in [6, 6.07) is 17.7. The summed E-state index contributed by atoms with van der Waals surface area (Å²) in [5, 5.41) is 4.93.